The van der Waals surface area contributed by atoms with Crippen molar-refractivity contribution in [1.29, 1.82) is 5.26 Å². The molecule has 2 rings (SSSR count). The van der Waals surface area contributed by atoms with Crippen molar-refractivity contribution >= 4 is 50.5 Å². The fourth-order valence-electron chi connectivity index (χ4n) is 1.43. The number of nitrogens with one attached hydrogen (secondary N) is 1. The van der Waals surface area contributed by atoms with Crippen LogP contribution in [0.1, 0.15) is 5.56 Å². The van der Waals surface area contributed by atoms with E-state index in [1.807, 2.05) is 18.2 Å². The zero-order valence-electron chi connectivity index (χ0n) is 9.05. The summed E-state index contributed by atoms with van der Waals surface area (Å²) in [5, 5.41) is 13.0. The molecule has 0 unspecified atom stereocenters. The molecule has 0 aromatic heterocycles. The van der Waals surface area contributed by atoms with Gasteiger partial charge < -0.3 is 5.32 Å². The quantitative estimate of drug-likeness (QED) is 0.796. The first-order valence-corrected chi connectivity index (χ1v) is 6.57. The first kappa shape index (κ1) is 13.2. The third kappa shape index (κ3) is 2.97. The van der Waals surface area contributed by atoms with Crippen molar-refractivity contribution < 1.29 is 0 Å². The molecule has 2 aromatic carbocycles. The second kappa shape index (κ2) is 5.62. The van der Waals surface area contributed by atoms with Crippen LogP contribution in [0.4, 0.5) is 11.4 Å². The maximum Gasteiger partial charge on any atom is 0.101 e. The van der Waals surface area contributed by atoms with Crippen molar-refractivity contribution in [2.24, 2.45) is 0 Å². The average molecular weight is 342 g/mol. The van der Waals surface area contributed by atoms with Gasteiger partial charge in [0.05, 0.1) is 21.3 Å². The molecule has 5 heteroatoms. The Morgan fingerprint density at radius 2 is 1.83 bits per heavy atom. The smallest absolute Gasteiger partial charge is 0.101 e. The predicted molar refractivity (Wildman–Crippen MR) is 78.6 cm³/mol. The van der Waals surface area contributed by atoms with Crippen molar-refractivity contribution in [2.45, 2.75) is 0 Å². The fraction of sp³-hybridized carbons (Fsp3) is 0. The maximum atomic E-state index is 8.79. The van der Waals surface area contributed by atoms with E-state index in [1.54, 1.807) is 24.3 Å². The summed E-state index contributed by atoms with van der Waals surface area (Å²) in [6.45, 7) is 0. The number of rotatable bonds is 2. The van der Waals surface area contributed by atoms with Crippen LogP contribution in [0.3, 0.4) is 0 Å². The minimum atomic E-state index is 0.413. The Labute approximate surface area is 123 Å². The monoisotopic (exact) mass is 340 g/mol. The average Bonchev–Trinajstić information content (AvgIpc) is 2.33. The van der Waals surface area contributed by atoms with Crippen molar-refractivity contribution in [3.05, 3.63) is 56.5 Å². The van der Waals surface area contributed by atoms with Gasteiger partial charge in [-0.1, -0.05) is 39.1 Å². The Morgan fingerprint density at radius 3 is 2.44 bits per heavy atom. The lowest BCUT2D eigenvalue weighted by molar-refractivity contribution is 1.47. The highest BCUT2D eigenvalue weighted by molar-refractivity contribution is 9.10. The Balaban J connectivity index is 2.29. The molecule has 0 saturated carbocycles. The Bertz CT molecular complexity index is 635. The number of benzene rings is 2. The van der Waals surface area contributed by atoms with Gasteiger partial charge in [-0.2, -0.15) is 5.26 Å². The van der Waals surface area contributed by atoms with E-state index in [0.29, 0.717) is 15.6 Å². The van der Waals surface area contributed by atoms with Gasteiger partial charge in [0.15, 0.2) is 0 Å². The predicted octanol–water partition coefficient (Wildman–Crippen LogP) is 5.37. The van der Waals surface area contributed by atoms with Crippen LogP contribution in [0.2, 0.25) is 10.0 Å². The molecule has 1 N–H and O–H groups in total. The molecular formula is C13H7BrCl2N2. The molecule has 0 saturated heterocycles. The highest BCUT2D eigenvalue weighted by Gasteiger charge is 2.04. The lowest BCUT2D eigenvalue weighted by Gasteiger charge is -2.09. The molecule has 0 atom stereocenters. The summed E-state index contributed by atoms with van der Waals surface area (Å²) < 4.78 is 0.913. The van der Waals surface area contributed by atoms with E-state index in [-0.39, 0.29) is 0 Å². The molecule has 0 radical (unpaired) electrons. The Morgan fingerprint density at radius 1 is 1.06 bits per heavy atom. The Kier molecular flexibility index (Phi) is 4.13. The molecule has 18 heavy (non-hydrogen) atoms. The molecule has 0 bridgehead atoms. The number of nitrogens with zero attached hydrogens (tertiary/aromatic N) is 1. The summed E-state index contributed by atoms with van der Waals surface area (Å²) in [5.41, 5.74) is 2.01. The number of anilines is 2. The highest BCUT2D eigenvalue weighted by Crippen LogP contribution is 2.29. The summed E-state index contributed by atoms with van der Waals surface area (Å²) in [6.07, 6.45) is 0. The van der Waals surface area contributed by atoms with Crippen molar-refractivity contribution in [2.75, 3.05) is 5.32 Å². The van der Waals surface area contributed by atoms with Gasteiger partial charge in [-0.05, 0) is 36.4 Å². The van der Waals surface area contributed by atoms with Crippen LogP contribution in [0.5, 0.6) is 0 Å². The van der Waals surface area contributed by atoms with Crippen molar-refractivity contribution in [3.8, 4) is 6.07 Å². The van der Waals surface area contributed by atoms with Gasteiger partial charge in [-0.3, -0.25) is 0 Å². The second-order valence-electron chi connectivity index (χ2n) is 3.56. The third-order valence-corrected chi connectivity index (χ3v) is 3.42. The fourth-order valence-corrected chi connectivity index (χ4v) is 2.37. The largest absolute Gasteiger partial charge is 0.354 e. The zero-order valence-corrected chi connectivity index (χ0v) is 12.1. The van der Waals surface area contributed by atoms with Crippen LogP contribution in [0, 0.1) is 11.3 Å². The minimum Gasteiger partial charge on any atom is -0.354 e. The molecule has 0 spiro atoms. The standard InChI is InChI=1S/C13H7BrCl2N2/c14-9-2-4-13(12(16)5-9)18-10-3-1-8(7-17)11(15)6-10/h1-6,18H. The summed E-state index contributed by atoms with van der Waals surface area (Å²) >= 11 is 15.4. The molecular weight excluding hydrogens is 335 g/mol. The van der Waals surface area contributed by atoms with Crippen molar-refractivity contribution in [1.82, 2.24) is 0 Å². The van der Waals surface area contributed by atoms with Gasteiger partial charge in [0.25, 0.3) is 0 Å². The number of nitriles is 1. The summed E-state index contributed by atoms with van der Waals surface area (Å²) in [7, 11) is 0. The van der Waals surface area contributed by atoms with Gasteiger partial charge in [0, 0.05) is 10.2 Å². The van der Waals surface area contributed by atoms with Gasteiger partial charge in [-0.25, -0.2) is 0 Å². The van der Waals surface area contributed by atoms with E-state index in [2.05, 4.69) is 21.2 Å². The zero-order chi connectivity index (χ0) is 13.1. The van der Waals surface area contributed by atoms with Crippen molar-refractivity contribution in [3.63, 3.8) is 0 Å². The topological polar surface area (TPSA) is 35.8 Å². The van der Waals surface area contributed by atoms with E-state index >= 15 is 0 Å². The van der Waals surface area contributed by atoms with E-state index < -0.39 is 0 Å². The van der Waals surface area contributed by atoms with Crippen LogP contribution in [-0.2, 0) is 0 Å². The van der Waals surface area contributed by atoms with Crippen LogP contribution in [-0.4, -0.2) is 0 Å². The molecule has 0 aliphatic carbocycles. The summed E-state index contributed by atoms with van der Waals surface area (Å²) in [5.74, 6) is 0. The molecule has 0 aliphatic heterocycles. The molecule has 2 nitrogen and oxygen atoms in total. The highest BCUT2D eigenvalue weighted by atomic mass is 79.9. The van der Waals surface area contributed by atoms with E-state index in [9.17, 15) is 0 Å². The molecule has 90 valence electrons. The lowest BCUT2D eigenvalue weighted by Crippen LogP contribution is -1.91. The number of halogens is 3. The lowest BCUT2D eigenvalue weighted by atomic mass is 10.2. The van der Waals surface area contributed by atoms with Gasteiger partial charge >= 0.3 is 0 Å². The SMILES string of the molecule is N#Cc1ccc(Nc2ccc(Br)cc2Cl)cc1Cl. The van der Waals surface area contributed by atoms with E-state index in [1.165, 1.54) is 0 Å². The first-order chi connectivity index (χ1) is 8.60. The van der Waals surface area contributed by atoms with Crippen LogP contribution < -0.4 is 5.32 Å². The number of hydrogen-bond acceptors (Lipinski definition) is 2. The summed E-state index contributed by atoms with van der Waals surface area (Å²) in [6, 6.07) is 12.7. The first-order valence-electron chi connectivity index (χ1n) is 5.02. The van der Waals surface area contributed by atoms with E-state index in [0.717, 1.165) is 15.8 Å². The second-order valence-corrected chi connectivity index (χ2v) is 5.29. The normalized spacial score (nSPS) is 9.89. The molecule has 0 heterocycles. The molecule has 0 fully saturated rings. The molecule has 0 amide bonds. The molecule has 0 aliphatic rings. The van der Waals surface area contributed by atoms with Crippen LogP contribution in [0.25, 0.3) is 0 Å². The maximum absolute atomic E-state index is 8.79. The van der Waals surface area contributed by atoms with Gasteiger partial charge in [-0.15, -0.1) is 0 Å². The van der Waals surface area contributed by atoms with Gasteiger partial charge in [0.1, 0.15) is 6.07 Å². The van der Waals surface area contributed by atoms with E-state index in [4.69, 9.17) is 28.5 Å². The van der Waals surface area contributed by atoms with Crippen LogP contribution in [0.15, 0.2) is 40.9 Å². The van der Waals surface area contributed by atoms with Crippen LogP contribution >= 0.6 is 39.1 Å². The third-order valence-electron chi connectivity index (χ3n) is 2.30. The Hall–Kier alpha value is -1.21. The molecule has 2 aromatic rings. The minimum absolute atomic E-state index is 0.413. The summed E-state index contributed by atoms with van der Waals surface area (Å²) in [4.78, 5) is 0. The van der Waals surface area contributed by atoms with Gasteiger partial charge in [0.2, 0.25) is 0 Å². The number of hydrogen-bond donors (Lipinski definition) is 1.